The van der Waals surface area contributed by atoms with Crippen LogP contribution < -0.4 is 20.7 Å². The summed E-state index contributed by atoms with van der Waals surface area (Å²) >= 11 is 0. The van der Waals surface area contributed by atoms with Gasteiger partial charge in [-0.2, -0.15) is 0 Å². The number of hydrogen-bond donors (Lipinski definition) is 2. The van der Waals surface area contributed by atoms with E-state index >= 15 is 0 Å². The SMILES string of the molecule is CCOC(=O)N1CCC(NC(N)=NCCCN2C(=O)COc3ccccc32)CC1.I. The molecule has 2 aliphatic rings. The number of benzene rings is 1. The molecular formula is C20H30IN5O4. The Labute approximate surface area is 194 Å². The lowest BCUT2D eigenvalue weighted by atomic mass is 10.1. The highest BCUT2D eigenvalue weighted by molar-refractivity contribution is 14.0. The van der Waals surface area contributed by atoms with Crippen LogP contribution in [-0.2, 0) is 9.53 Å². The number of nitrogens with zero attached hydrogens (tertiary/aromatic N) is 3. The van der Waals surface area contributed by atoms with Crippen LogP contribution in [0.1, 0.15) is 26.2 Å². The number of carbonyl (C=O) groups is 2. The van der Waals surface area contributed by atoms with Crippen molar-refractivity contribution in [3.63, 3.8) is 0 Å². The molecule has 1 aromatic rings. The number of anilines is 1. The average Bonchev–Trinajstić information content (AvgIpc) is 2.73. The number of para-hydroxylation sites is 2. The van der Waals surface area contributed by atoms with E-state index in [0.29, 0.717) is 45.2 Å². The van der Waals surface area contributed by atoms with E-state index in [1.807, 2.05) is 24.3 Å². The summed E-state index contributed by atoms with van der Waals surface area (Å²) in [5.74, 6) is 1.08. The molecule has 3 N–H and O–H groups in total. The van der Waals surface area contributed by atoms with E-state index in [0.717, 1.165) is 24.3 Å². The van der Waals surface area contributed by atoms with Crippen molar-refractivity contribution < 1.29 is 19.1 Å². The van der Waals surface area contributed by atoms with Crippen LogP contribution in [0.5, 0.6) is 5.75 Å². The van der Waals surface area contributed by atoms with Gasteiger partial charge in [0.1, 0.15) is 5.75 Å². The number of ether oxygens (including phenoxy) is 2. The zero-order valence-corrected chi connectivity index (χ0v) is 19.5. The molecule has 0 saturated carbocycles. The fourth-order valence-electron chi connectivity index (χ4n) is 3.50. The van der Waals surface area contributed by atoms with E-state index < -0.39 is 0 Å². The van der Waals surface area contributed by atoms with Crippen molar-refractivity contribution in [3.8, 4) is 5.75 Å². The number of hydrogen-bond acceptors (Lipinski definition) is 5. The van der Waals surface area contributed by atoms with Crippen molar-refractivity contribution in [2.45, 2.75) is 32.2 Å². The van der Waals surface area contributed by atoms with Gasteiger partial charge in [0.2, 0.25) is 0 Å². The summed E-state index contributed by atoms with van der Waals surface area (Å²) in [5.41, 5.74) is 6.80. The number of nitrogens with one attached hydrogen (secondary N) is 1. The molecule has 1 saturated heterocycles. The van der Waals surface area contributed by atoms with Crippen LogP contribution >= 0.6 is 24.0 Å². The Bertz CT molecular complexity index is 752. The highest BCUT2D eigenvalue weighted by Gasteiger charge is 2.25. The summed E-state index contributed by atoms with van der Waals surface area (Å²) in [6.07, 6.45) is 2.04. The summed E-state index contributed by atoms with van der Waals surface area (Å²) in [6, 6.07) is 7.72. The number of amides is 2. The summed E-state index contributed by atoms with van der Waals surface area (Å²) in [5, 5.41) is 3.22. The van der Waals surface area contributed by atoms with Gasteiger partial charge in [-0.05, 0) is 38.3 Å². The number of piperidine rings is 1. The maximum atomic E-state index is 12.2. The standard InChI is InChI=1S/C20H29N5O4.HI/c1-2-28-20(27)24-12-8-15(9-13-24)23-19(21)22-10-5-11-25-16-6-3-4-7-17(16)29-14-18(25)26;/h3-4,6-7,15H,2,5,8-14H2,1H3,(H3,21,22,23);1H. The molecule has 0 radical (unpaired) electrons. The van der Waals surface area contributed by atoms with E-state index in [-0.39, 0.29) is 48.6 Å². The Kier molecular flexibility index (Phi) is 9.47. The normalized spacial score (nSPS) is 17.0. The van der Waals surface area contributed by atoms with Crippen LogP contribution in [-0.4, -0.2) is 68.3 Å². The predicted octanol–water partition coefficient (Wildman–Crippen LogP) is 1.95. The summed E-state index contributed by atoms with van der Waals surface area (Å²) < 4.78 is 10.5. The lowest BCUT2D eigenvalue weighted by Gasteiger charge is -2.31. The summed E-state index contributed by atoms with van der Waals surface area (Å²) in [6.45, 7) is 4.62. The number of halogens is 1. The molecule has 2 heterocycles. The average molecular weight is 531 g/mol. The molecule has 9 nitrogen and oxygen atoms in total. The zero-order chi connectivity index (χ0) is 20.6. The zero-order valence-electron chi connectivity index (χ0n) is 17.2. The number of guanidine groups is 1. The Balaban J connectivity index is 0.00000320. The summed E-state index contributed by atoms with van der Waals surface area (Å²) in [7, 11) is 0. The van der Waals surface area contributed by atoms with Crippen molar-refractivity contribution in [2.75, 3.05) is 44.3 Å². The highest BCUT2D eigenvalue weighted by atomic mass is 127. The van der Waals surface area contributed by atoms with Crippen molar-refractivity contribution in [3.05, 3.63) is 24.3 Å². The van der Waals surface area contributed by atoms with Crippen LogP contribution in [0.4, 0.5) is 10.5 Å². The number of aliphatic imine (C=N–C) groups is 1. The number of rotatable bonds is 6. The molecule has 0 bridgehead atoms. The Morgan fingerprint density at radius 3 is 2.80 bits per heavy atom. The van der Waals surface area contributed by atoms with Gasteiger partial charge in [0.25, 0.3) is 5.91 Å². The minimum Gasteiger partial charge on any atom is -0.482 e. The van der Waals surface area contributed by atoms with Gasteiger partial charge in [0.05, 0.1) is 12.3 Å². The number of nitrogens with two attached hydrogens (primary N) is 1. The lowest BCUT2D eigenvalue weighted by molar-refractivity contribution is -0.121. The topological polar surface area (TPSA) is 109 Å². The molecule has 1 aromatic carbocycles. The molecule has 10 heteroatoms. The van der Waals surface area contributed by atoms with Gasteiger partial charge in [0.15, 0.2) is 12.6 Å². The van der Waals surface area contributed by atoms with Gasteiger partial charge in [-0.3, -0.25) is 9.79 Å². The van der Waals surface area contributed by atoms with Crippen molar-refractivity contribution >= 4 is 47.6 Å². The maximum absolute atomic E-state index is 12.2. The number of carbonyl (C=O) groups excluding carboxylic acids is 2. The first-order valence-electron chi connectivity index (χ1n) is 10.1. The van der Waals surface area contributed by atoms with E-state index in [2.05, 4.69) is 10.3 Å². The van der Waals surface area contributed by atoms with Gasteiger partial charge in [0, 0.05) is 32.2 Å². The van der Waals surface area contributed by atoms with Crippen molar-refractivity contribution in [2.24, 2.45) is 10.7 Å². The second-order valence-corrected chi connectivity index (χ2v) is 7.03. The van der Waals surface area contributed by atoms with Crippen molar-refractivity contribution in [1.82, 2.24) is 10.2 Å². The fraction of sp³-hybridized carbons (Fsp3) is 0.550. The van der Waals surface area contributed by atoms with Gasteiger partial charge in [-0.25, -0.2) is 4.79 Å². The van der Waals surface area contributed by atoms with Gasteiger partial charge in [-0.1, -0.05) is 12.1 Å². The minimum atomic E-state index is -0.258. The summed E-state index contributed by atoms with van der Waals surface area (Å²) in [4.78, 5) is 31.7. The Morgan fingerprint density at radius 1 is 1.33 bits per heavy atom. The smallest absolute Gasteiger partial charge is 0.409 e. The van der Waals surface area contributed by atoms with Crippen LogP contribution in [0, 0.1) is 0 Å². The lowest BCUT2D eigenvalue weighted by Crippen LogP contribution is -2.48. The molecule has 0 aliphatic carbocycles. The minimum absolute atomic E-state index is 0. The van der Waals surface area contributed by atoms with Crippen LogP contribution in [0.3, 0.4) is 0 Å². The molecule has 2 amide bonds. The third-order valence-corrected chi connectivity index (χ3v) is 5.00. The molecule has 0 spiro atoms. The number of likely N-dealkylation sites (tertiary alicyclic amines) is 1. The first kappa shape index (κ1) is 24.0. The molecule has 3 rings (SSSR count). The monoisotopic (exact) mass is 531 g/mol. The molecule has 30 heavy (non-hydrogen) atoms. The third-order valence-electron chi connectivity index (χ3n) is 5.00. The van der Waals surface area contributed by atoms with Gasteiger partial charge < -0.3 is 30.3 Å². The van der Waals surface area contributed by atoms with Crippen LogP contribution in [0.15, 0.2) is 29.3 Å². The van der Waals surface area contributed by atoms with E-state index in [1.54, 1.807) is 16.7 Å². The van der Waals surface area contributed by atoms with E-state index in [1.165, 1.54) is 0 Å². The Morgan fingerprint density at radius 2 is 2.07 bits per heavy atom. The predicted molar refractivity (Wildman–Crippen MR) is 126 cm³/mol. The van der Waals surface area contributed by atoms with Crippen LogP contribution in [0.2, 0.25) is 0 Å². The molecule has 0 unspecified atom stereocenters. The molecular weight excluding hydrogens is 501 g/mol. The second kappa shape index (κ2) is 11.8. The van der Waals surface area contributed by atoms with Gasteiger partial charge in [-0.15, -0.1) is 24.0 Å². The molecule has 1 fully saturated rings. The van der Waals surface area contributed by atoms with Crippen molar-refractivity contribution in [1.29, 1.82) is 0 Å². The first-order valence-corrected chi connectivity index (χ1v) is 10.1. The fourth-order valence-corrected chi connectivity index (χ4v) is 3.50. The highest BCUT2D eigenvalue weighted by Crippen LogP contribution is 2.31. The largest absolute Gasteiger partial charge is 0.482 e. The number of fused-ring (bicyclic) bond motifs is 1. The molecule has 166 valence electrons. The molecule has 0 aromatic heterocycles. The third kappa shape index (κ3) is 6.38. The Hall–Kier alpha value is -2.24. The van der Waals surface area contributed by atoms with E-state index in [9.17, 15) is 9.59 Å². The second-order valence-electron chi connectivity index (χ2n) is 7.03. The maximum Gasteiger partial charge on any atom is 0.409 e. The molecule has 0 atom stereocenters. The quantitative estimate of drug-likeness (QED) is 0.252. The first-order chi connectivity index (χ1) is 14.1. The van der Waals surface area contributed by atoms with E-state index in [4.69, 9.17) is 15.2 Å². The van der Waals surface area contributed by atoms with Crippen LogP contribution in [0.25, 0.3) is 0 Å². The molecule has 2 aliphatic heterocycles. The van der Waals surface area contributed by atoms with Gasteiger partial charge >= 0.3 is 6.09 Å².